The van der Waals surface area contributed by atoms with Crippen molar-refractivity contribution in [3.63, 3.8) is 0 Å². The number of piperidine rings is 1. The molecule has 0 aromatic carbocycles. The van der Waals surface area contributed by atoms with Crippen molar-refractivity contribution in [2.75, 3.05) is 20.1 Å². The lowest BCUT2D eigenvalue weighted by atomic mass is 10.1. The quantitative estimate of drug-likeness (QED) is 0.888. The van der Waals surface area contributed by atoms with Gasteiger partial charge in [0.15, 0.2) is 0 Å². The first kappa shape index (κ1) is 16.4. The van der Waals surface area contributed by atoms with Crippen LogP contribution in [-0.4, -0.2) is 50.8 Å². The van der Waals surface area contributed by atoms with Gasteiger partial charge in [-0.3, -0.25) is 19.4 Å². The molecule has 3 rings (SSSR count). The van der Waals surface area contributed by atoms with Gasteiger partial charge in [0.1, 0.15) is 11.4 Å². The molecule has 1 atom stereocenters. The average Bonchev–Trinajstić information content (AvgIpc) is 3.08. The maximum atomic E-state index is 11.7. The number of amides is 1. The molecule has 0 bridgehead atoms. The number of pyridine rings is 1. The number of likely N-dealkylation sites (tertiary alicyclic amines) is 1. The lowest BCUT2D eigenvalue weighted by Crippen LogP contribution is -2.36. The van der Waals surface area contributed by atoms with Crippen LogP contribution >= 0.6 is 0 Å². The Kier molecular flexibility index (Phi) is 4.80. The van der Waals surface area contributed by atoms with Gasteiger partial charge in [-0.25, -0.2) is 0 Å². The second-order valence-corrected chi connectivity index (χ2v) is 6.21. The molecule has 0 saturated carbocycles. The van der Waals surface area contributed by atoms with Crippen molar-refractivity contribution >= 4 is 5.91 Å². The maximum absolute atomic E-state index is 11.7. The van der Waals surface area contributed by atoms with Crippen molar-refractivity contribution in [1.82, 2.24) is 25.0 Å². The highest BCUT2D eigenvalue weighted by atomic mass is 16.3. The molecule has 24 heavy (non-hydrogen) atoms. The van der Waals surface area contributed by atoms with Crippen LogP contribution in [-0.2, 0) is 6.54 Å². The van der Waals surface area contributed by atoms with E-state index in [-0.39, 0.29) is 17.7 Å². The predicted octanol–water partition coefficient (Wildman–Crippen LogP) is 1.49. The Morgan fingerprint density at radius 1 is 1.42 bits per heavy atom. The molecule has 2 aromatic rings. The standard InChI is InChI=1S/C17H23N5O2/c1-12-5-6-16(23)15(19-12)11-21-8-3-4-13(10-21)22-9-7-14(20-22)17(24)18-2/h5-7,9,13,23H,3-4,8,10-11H2,1-2H3,(H,18,24). The Morgan fingerprint density at radius 2 is 2.25 bits per heavy atom. The summed E-state index contributed by atoms with van der Waals surface area (Å²) >= 11 is 0. The Morgan fingerprint density at radius 3 is 3.04 bits per heavy atom. The lowest BCUT2D eigenvalue weighted by Gasteiger charge is -2.32. The first-order valence-corrected chi connectivity index (χ1v) is 8.22. The molecule has 1 unspecified atom stereocenters. The van der Waals surface area contributed by atoms with E-state index in [1.54, 1.807) is 19.2 Å². The van der Waals surface area contributed by atoms with E-state index in [4.69, 9.17) is 0 Å². The second kappa shape index (κ2) is 7.00. The highest BCUT2D eigenvalue weighted by Crippen LogP contribution is 2.24. The van der Waals surface area contributed by atoms with E-state index in [1.807, 2.05) is 23.9 Å². The van der Waals surface area contributed by atoms with Gasteiger partial charge in [0.05, 0.1) is 11.7 Å². The van der Waals surface area contributed by atoms with Crippen LogP contribution in [0.2, 0.25) is 0 Å². The van der Waals surface area contributed by atoms with Crippen LogP contribution in [0, 0.1) is 6.92 Å². The summed E-state index contributed by atoms with van der Waals surface area (Å²) in [5.41, 5.74) is 2.05. The molecular weight excluding hydrogens is 306 g/mol. The summed E-state index contributed by atoms with van der Waals surface area (Å²) in [7, 11) is 1.60. The van der Waals surface area contributed by atoms with Gasteiger partial charge in [-0.1, -0.05) is 0 Å². The minimum Gasteiger partial charge on any atom is -0.506 e. The number of hydrogen-bond donors (Lipinski definition) is 2. The van der Waals surface area contributed by atoms with Crippen molar-refractivity contribution in [3.8, 4) is 5.75 Å². The highest BCUT2D eigenvalue weighted by molar-refractivity contribution is 5.91. The Balaban J connectivity index is 1.69. The topological polar surface area (TPSA) is 83.3 Å². The van der Waals surface area contributed by atoms with E-state index in [9.17, 15) is 9.90 Å². The van der Waals surface area contributed by atoms with E-state index >= 15 is 0 Å². The fourth-order valence-electron chi connectivity index (χ4n) is 3.11. The van der Waals surface area contributed by atoms with Crippen LogP contribution in [0.1, 0.15) is 40.8 Å². The first-order valence-electron chi connectivity index (χ1n) is 8.22. The summed E-state index contributed by atoms with van der Waals surface area (Å²) in [4.78, 5) is 18.4. The zero-order valence-corrected chi connectivity index (χ0v) is 14.1. The summed E-state index contributed by atoms with van der Waals surface area (Å²) in [5, 5.41) is 17.0. The number of aromatic hydroxyl groups is 1. The van der Waals surface area contributed by atoms with Gasteiger partial charge in [-0.15, -0.1) is 0 Å². The van der Waals surface area contributed by atoms with Gasteiger partial charge < -0.3 is 10.4 Å². The number of nitrogens with one attached hydrogen (secondary N) is 1. The molecule has 0 spiro atoms. The van der Waals surface area contributed by atoms with Crippen molar-refractivity contribution in [3.05, 3.63) is 41.5 Å². The number of carbonyl (C=O) groups excluding carboxylic acids is 1. The summed E-state index contributed by atoms with van der Waals surface area (Å²) in [6.45, 7) is 4.33. The van der Waals surface area contributed by atoms with Crippen molar-refractivity contribution in [2.24, 2.45) is 0 Å². The molecule has 7 heteroatoms. The van der Waals surface area contributed by atoms with E-state index in [2.05, 4.69) is 20.3 Å². The third-order valence-electron chi connectivity index (χ3n) is 4.39. The SMILES string of the molecule is CNC(=O)c1ccn(C2CCCN(Cc3nc(C)ccc3O)C2)n1. The van der Waals surface area contributed by atoms with Gasteiger partial charge in [0.2, 0.25) is 0 Å². The molecule has 0 radical (unpaired) electrons. The van der Waals surface area contributed by atoms with E-state index in [0.717, 1.165) is 31.6 Å². The predicted molar refractivity (Wildman–Crippen MR) is 89.8 cm³/mol. The fraction of sp³-hybridized carbons (Fsp3) is 0.471. The lowest BCUT2D eigenvalue weighted by molar-refractivity contribution is 0.0955. The molecule has 128 valence electrons. The molecule has 3 heterocycles. The number of aromatic nitrogens is 3. The van der Waals surface area contributed by atoms with E-state index in [0.29, 0.717) is 17.9 Å². The third-order valence-corrected chi connectivity index (χ3v) is 4.39. The Labute approximate surface area is 141 Å². The number of nitrogens with zero attached hydrogens (tertiary/aromatic N) is 4. The zero-order chi connectivity index (χ0) is 17.1. The van der Waals surface area contributed by atoms with Crippen molar-refractivity contribution in [1.29, 1.82) is 0 Å². The smallest absolute Gasteiger partial charge is 0.271 e. The van der Waals surface area contributed by atoms with Gasteiger partial charge >= 0.3 is 0 Å². The van der Waals surface area contributed by atoms with Gasteiger partial charge in [0, 0.05) is 32.0 Å². The molecule has 2 aromatic heterocycles. The third kappa shape index (κ3) is 3.56. The normalized spacial score (nSPS) is 18.5. The number of aryl methyl sites for hydroxylation is 1. The molecule has 1 aliphatic rings. The minimum absolute atomic E-state index is 0.171. The first-order chi connectivity index (χ1) is 11.6. The number of hydrogen-bond acceptors (Lipinski definition) is 5. The summed E-state index contributed by atoms with van der Waals surface area (Å²) in [5.74, 6) is 0.0685. The second-order valence-electron chi connectivity index (χ2n) is 6.21. The van der Waals surface area contributed by atoms with Gasteiger partial charge in [0.25, 0.3) is 5.91 Å². The van der Waals surface area contributed by atoms with Crippen molar-refractivity contribution in [2.45, 2.75) is 32.4 Å². The molecule has 2 N–H and O–H groups in total. The van der Waals surface area contributed by atoms with Crippen LogP contribution < -0.4 is 5.32 Å². The molecule has 1 fully saturated rings. The van der Waals surface area contributed by atoms with Crippen LogP contribution in [0.15, 0.2) is 24.4 Å². The van der Waals surface area contributed by atoms with Crippen LogP contribution in [0.4, 0.5) is 0 Å². The molecule has 7 nitrogen and oxygen atoms in total. The number of rotatable bonds is 4. The summed E-state index contributed by atoms with van der Waals surface area (Å²) in [6, 6.07) is 5.47. The number of carbonyl (C=O) groups is 1. The minimum atomic E-state index is -0.171. The van der Waals surface area contributed by atoms with E-state index < -0.39 is 0 Å². The highest BCUT2D eigenvalue weighted by Gasteiger charge is 2.23. The van der Waals surface area contributed by atoms with E-state index in [1.165, 1.54) is 0 Å². The molecule has 1 amide bonds. The maximum Gasteiger partial charge on any atom is 0.271 e. The molecule has 0 aliphatic carbocycles. The van der Waals surface area contributed by atoms with Gasteiger partial charge in [-0.2, -0.15) is 5.10 Å². The zero-order valence-electron chi connectivity index (χ0n) is 14.1. The largest absolute Gasteiger partial charge is 0.506 e. The molecule has 1 saturated heterocycles. The summed E-state index contributed by atoms with van der Waals surface area (Å²) < 4.78 is 1.88. The van der Waals surface area contributed by atoms with Crippen LogP contribution in [0.3, 0.4) is 0 Å². The van der Waals surface area contributed by atoms with Crippen LogP contribution in [0.25, 0.3) is 0 Å². The van der Waals surface area contributed by atoms with Gasteiger partial charge in [-0.05, 0) is 44.5 Å². The Bertz CT molecular complexity index is 728. The Hall–Kier alpha value is -2.41. The van der Waals surface area contributed by atoms with Crippen molar-refractivity contribution < 1.29 is 9.90 Å². The molecular formula is C17H23N5O2. The monoisotopic (exact) mass is 329 g/mol. The molecule has 1 aliphatic heterocycles. The summed E-state index contributed by atoms with van der Waals surface area (Å²) in [6.07, 6.45) is 3.94. The van der Waals surface area contributed by atoms with Crippen LogP contribution in [0.5, 0.6) is 5.75 Å². The average molecular weight is 329 g/mol. The fourth-order valence-corrected chi connectivity index (χ4v) is 3.11.